The number of aromatic amines is 2. The van der Waals surface area contributed by atoms with E-state index in [0.29, 0.717) is 29.7 Å². The van der Waals surface area contributed by atoms with E-state index in [4.69, 9.17) is 4.74 Å². The van der Waals surface area contributed by atoms with Gasteiger partial charge in [0.1, 0.15) is 0 Å². The van der Waals surface area contributed by atoms with Crippen LogP contribution in [-0.2, 0) is 4.74 Å². The van der Waals surface area contributed by atoms with Crippen molar-refractivity contribution in [2.75, 3.05) is 6.61 Å². The summed E-state index contributed by atoms with van der Waals surface area (Å²) in [4.78, 5) is 37.9. The van der Waals surface area contributed by atoms with Crippen LogP contribution < -0.4 is 0 Å². The highest BCUT2D eigenvalue weighted by atomic mass is 16.5. The quantitative estimate of drug-likeness (QED) is 0.516. The zero-order chi connectivity index (χ0) is 16.7. The molecule has 2 rings (SSSR count). The smallest absolute Gasteiger partial charge is 0.339 e. The van der Waals surface area contributed by atoms with Crippen LogP contribution in [0.1, 0.15) is 56.2 Å². The topological polar surface area (TPSA) is 92.0 Å². The molecule has 2 heterocycles. The first-order valence-corrected chi connectivity index (χ1v) is 6.86. The van der Waals surface area contributed by atoms with Crippen LogP contribution in [0.25, 0.3) is 0 Å². The lowest BCUT2D eigenvalue weighted by atomic mass is 10.2. The third kappa shape index (κ3) is 4.18. The minimum Gasteiger partial charge on any atom is -0.462 e. The predicted molar refractivity (Wildman–Crippen MR) is 82.4 cm³/mol. The average Bonchev–Trinajstić information content (AvgIpc) is 3.05. The Labute approximate surface area is 128 Å². The number of ketones is 1. The minimum absolute atomic E-state index is 0.119. The number of carbonyl (C=O) groups excluding carboxylic acids is 3. The Hall–Kier alpha value is -2.63. The van der Waals surface area contributed by atoms with Crippen LogP contribution in [0.3, 0.4) is 0 Å². The number of esters is 1. The van der Waals surface area contributed by atoms with Crippen molar-refractivity contribution in [2.24, 2.45) is 0 Å². The van der Waals surface area contributed by atoms with Gasteiger partial charge >= 0.3 is 5.97 Å². The fraction of sp³-hybridized carbons (Fsp3) is 0.312. The second-order valence-corrected chi connectivity index (χ2v) is 4.69. The van der Waals surface area contributed by atoms with Crippen molar-refractivity contribution < 1.29 is 19.1 Å². The Kier molecular flexibility index (Phi) is 6.31. The lowest BCUT2D eigenvalue weighted by Gasteiger charge is -1.99. The summed E-state index contributed by atoms with van der Waals surface area (Å²) in [5, 5.41) is 0. The van der Waals surface area contributed by atoms with Gasteiger partial charge in [-0.3, -0.25) is 9.59 Å². The van der Waals surface area contributed by atoms with Crippen LogP contribution in [0.5, 0.6) is 0 Å². The molecule has 0 bridgehead atoms. The summed E-state index contributed by atoms with van der Waals surface area (Å²) in [5.74, 6) is -0.280. The summed E-state index contributed by atoms with van der Waals surface area (Å²) in [7, 11) is 0. The zero-order valence-electron chi connectivity index (χ0n) is 13.1. The maximum absolute atomic E-state index is 11.2. The van der Waals surface area contributed by atoms with E-state index in [2.05, 4.69) is 9.97 Å². The van der Waals surface area contributed by atoms with Crippen molar-refractivity contribution in [1.82, 2.24) is 9.97 Å². The van der Waals surface area contributed by atoms with Crippen molar-refractivity contribution in [3.63, 3.8) is 0 Å². The first-order chi connectivity index (χ1) is 10.4. The highest BCUT2D eigenvalue weighted by Gasteiger charge is 2.13. The van der Waals surface area contributed by atoms with Gasteiger partial charge in [-0.25, -0.2) is 4.79 Å². The molecule has 0 fully saturated rings. The Morgan fingerprint density at radius 3 is 2.23 bits per heavy atom. The van der Waals surface area contributed by atoms with Crippen LogP contribution in [0.15, 0.2) is 18.6 Å². The number of rotatable bonds is 4. The molecule has 0 atom stereocenters. The summed E-state index contributed by atoms with van der Waals surface area (Å²) in [6, 6.07) is 0. The molecule has 0 saturated carbocycles. The van der Waals surface area contributed by atoms with Gasteiger partial charge in [0.05, 0.1) is 17.9 Å². The molecular formula is C16H20N2O4. The van der Waals surface area contributed by atoms with E-state index >= 15 is 0 Å². The monoisotopic (exact) mass is 304 g/mol. The highest BCUT2D eigenvalue weighted by molar-refractivity contribution is 5.95. The maximum atomic E-state index is 11.2. The third-order valence-electron chi connectivity index (χ3n) is 3.12. The summed E-state index contributed by atoms with van der Waals surface area (Å²) in [6.07, 6.45) is 5.70. The number of ether oxygens (including phenoxy) is 1. The number of H-pyrrole nitrogens is 2. The summed E-state index contributed by atoms with van der Waals surface area (Å²) < 4.78 is 4.79. The Morgan fingerprint density at radius 2 is 1.86 bits per heavy atom. The lowest BCUT2D eigenvalue weighted by Crippen LogP contribution is -2.04. The van der Waals surface area contributed by atoms with Crippen molar-refractivity contribution in [3.05, 3.63) is 46.5 Å². The van der Waals surface area contributed by atoms with Gasteiger partial charge < -0.3 is 14.7 Å². The normalized spacial score (nSPS) is 9.64. The fourth-order valence-corrected chi connectivity index (χ4v) is 1.88. The van der Waals surface area contributed by atoms with Crippen LogP contribution in [-0.4, -0.2) is 34.6 Å². The summed E-state index contributed by atoms with van der Waals surface area (Å²) in [6.45, 7) is 7.25. The number of Topliss-reactive ketones (excluding diaryl/α,β-unsaturated/α-hetero) is 1. The summed E-state index contributed by atoms with van der Waals surface area (Å²) in [5.41, 5.74) is 3.28. The van der Waals surface area contributed by atoms with E-state index in [1.54, 1.807) is 27.0 Å². The SMILES string of the molecule is CC(=O)c1c[nH]cc1C.CCOC(=O)c1c[nH]c(C=O)c1C. The predicted octanol–water partition coefficient (Wildman–Crippen LogP) is 2.84. The Bertz CT molecular complexity index is 667. The molecule has 0 unspecified atom stereocenters. The van der Waals surface area contributed by atoms with Gasteiger partial charge in [0, 0.05) is 24.2 Å². The molecular weight excluding hydrogens is 284 g/mol. The van der Waals surface area contributed by atoms with Gasteiger partial charge in [0.2, 0.25) is 0 Å². The van der Waals surface area contributed by atoms with E-state index < -0.39 is 5.97 Å². The molecule has 2 N–H and O–H groups in total. The van der Waals surface area contributed by atoms with Gasteiger partial charge in [-0.1, -0.05) is 0 Å². The highest BCUT2D eigenvalue weighted by Crippen LogP contribution is 2.12. The fourth-order valence-electron chi connectivity index (χ4n) is 1.88. The Morgan fingerprint density at radius 1 is 1.18 bits per heavy atom. The van der Waals surface area contributed by atoms with Gasteiger partial charge in [-0.15, -0.1) is 0 Å². The molecule has 0 amide bonds. The number of hydrogen-bond donors (Lipinski definition) is 2. The van der Waals surface area contributed by atoms with Crippen molar-refractivity contribution >= 4 is 18.0 Å². The Balaban J connectivity index is 0.000000235. The molecule has 2 aromatic rings. The molecule has 0 aliphatic carbocycles. The summed E-state index contributed by atoms with van der Waals surface area (Å²) >= 11 is 0. The molecule has 2 aromatic heterocycles. The molecule has 0 saturated heterocycles. The standard InChI is InChI=1S/C9H11NO3.C7H9NO/c1-3-13-9(12)7-4-10-8(5-11)6(7)2;1-5-3-8-4-7(5)6(2)9/h4-5,10H,3H2,1-2H3;3-4,8H,1-2H3. The lowest BCUT2D eigenvalue weighted by molar-refractivity contribution is 0.0525. The molecule has 0 radical (unpaired) electrons. The van der Waals surface area contributed by atoms with Crippen LogP contribution in [0, 0.1) is 13.8 Å². The second kappa shape index (κ2) is 7.97. The van der Waals surface area contributed by atoms with E-state index in [-0.39, 0.29) is 5.78 Å². The van der Waals surface area contributed by atoms with Crippen molar-refractivity contribution in [3.8, 4) is 0 Å². The minimum atomic E-state index is -0.399. The van der Waals surface area contributed by atoms with Crippen molar-refractivity contribution in [1.29, 1.82) is 0 Å². The molecule has 22 heavy (non-hydrogen) atoms. The first-order valence-electron chi connectivity index (χ1n) is 6.86. The van der Waals surface area contributed by atoms with E-state index in [1.165, 1.54) is 6.20 Å². The maximum Gasteiger partial charge on any atom is 0.339 e. The number of aromatic nitrogens is 2. The molecule has 118 valence electrons. The number of aldehydes is 1. The molecule has 0 aliphatic rings. The van der Waals surface area contributed by atoms with Gasteiger partial charge in [0.15, 0.2) is 12.1 Å². The largest absolute Gasteiger partial charge is 0.462 e. The van der Waals surface area contributed by atoms with Crippen LogP contribution in [0.2, 0.25) is 0 Å². The van der Waals surface area contributed by atoms with Crippen LogP contribution in [0.4, 0.5) is 0 Å². The number of aryl methyl sites for hydroxylation is 1. The van der Waals surface area contributed by atoms with Gasteiger partial charge in [-0.2, -0.15) is 0 Å². The molecule has 0 aliphatic heterocycles. The number of hydrogen-bond acceptors (Lipinski definition) is 4. The van der Waals surface area contributed by atoms with Crippen molar-refractivity contribution in [2.45, 2.75) is 27.7 Å². The zero-order valence-corrected chi connectivity index (χ0v) is 13.1. The van der Waals surface area contributed by atoms with Crippen LogP contribution >= 0.6 is 0 Å². The molecule has 6 nitrogen and oxygen atoms in total. The molecule has 0 aromatic carbocycles. The number of carbonyl (C=O) groups is 3. The first kappa shape index (κ1) is 17.4. The molecule has 0 spiro atoms. The average molecular weight is 304 g/mol. The van der Waals surface area contributed by atoms with E-state index in [9.17, 15) is 14.4 Å². The van der Waals surface area contributed by atoms with Gasteiger partial charge in [0.25, 0.3) is 0 Å². The molecule has 6 heteroatoms. The third-order valence-corrected chi connectivity index (χ3v) is 3.12. The van der Waals surface area contributed by atoms with E-state index in [1.807, 2.05) is 13.1 Å². The second-order valence-electron chi connectivity index (χ2n) is 4.69. The van der Waals surface area contributed by atoms with Gasteiger partial charge in [-0.05, 0) is 38.8 Å². The number of nitrogens with one attached hydrogen (secondary N) is 2. The van der Waals surface area contributed by atoms with E-state index in [0.717, 1.165) is 11.1 Å².